The average Bonchev–Trinajstić information content (AvgIpc) is 2.37. The molecule has 21 heavy (non-hydrogen) atoms. The van der Waals surface area contributed by atoms with Crippen LogP contribution in [0.15, 0.2) is 41.3 Å². The third kappa shape index (κ3) is 3.80. The molecular weight excluding hydrogens is 286 g/mol. The van der Waals surface area contributed by atoms with Crippen molar-refractivity contribution < 1.29 is 8.42 Å². The minimum atomic E-state index is -3.65. The second-order valence-corrected chi connectivity index (χ2v) is 6.57. The van der Waals surface area contributed by atoms with Crippen LogP contribution >= 0.6 is 0 Å². The van der Waals surface area contributed by atoms with Crippen molar-refractivity contribution in [3.63, 3.8) is 0 Å². The number of pyridine rings is 1. The lowest BCUT2D eigenvalue weighted by molar-refractivity contribution is 0.599. The summed E-state index contributed by atoms with van der Waals surface area (Å²) in [6.45, 7) is 4.22. The van der Waals surface area contributed by atoms with E-state index in [1.54, 1.807) is 31.3 Å². The number of rotatable bonds is 5. The highest BCUT2D eigenvalue weighted by atomic mass is 32.2. The van der Waals surface area contributed by atoms with Gasteiger partial charge in [-0.1, -0.05) is 18.2 Å². The van der Waals surface area contributed by atoms with Crippen LogP contribution in [-0.2, 0) is 16.6 Å². The average molecular weight is 305 g/mol. The summed E-state index contributed by atoms with van der Waals surface area (Å²) in [4.78, 5) is 4.48. The Balaban J connectivity index is 2.38. The fourth-order valence-corrected chi connectivity index (χ4v) is 3.42. The number of hydrogen-bond donors (Lipinski definition) is 2. The third-order valence-corrected chi connectivity index (χ3v) is 4.42. The second-order valence-electron chi connectivity index (χ2n) is 4.91. The van der Waals surface area contributed by atoms with Gasteiger partial charge in [0.25, 0.3) is 10.0 Å². The molecule has 2 N–H and O–H groups in total. The van der Waals surface area contributed by atoms with Crippen LogP contribution < -0.4 is 10.0 Å². The van der Waals surface area contributed by atoms with Gasteiger partial charge < -0.3 is 5.32 Å². The molecule has 0 saturated heterocycles. The molecule has 2 rings (SSSR count). The molecule has 112 valence electrons. The van der Waals surface area contributed by atoms with Crippen LogP contribution in [0.25, 0.3) is 0 Å². The molecular formula is C15H19N3O2S. The first-order valence-electron chi connectivity index (χ1n) is 6.63. The summed E-state index contributed by atoms with van der Waals surface area (Å²) >= 11 is 0. The van der Waals surface area contributed by atoms with Gasteiger partial charge in [0.05, 0.1) is 4.90 Å². The van der Waals surface area contributed by atoms with Crippen molar-refractivity contribution in [2.24, 2.45) is 0 Å². The Kier molecular flexibility index (Phi) is 4.59. The third-order valence-electron chi connectivity index (χ3n) is 2.97. The lowest BCUT2D eigenvalue weighted by atomic mass is 10.2. The lowest BCUT2D eigenvalue weighted by Crippen LogP contribution is -2.18. The van der Waals surface area contributed by atoms with E-state index >= 15 is 0 Å². The molecule has 5 nitrogen and oxygen atoms in total. The van der Waals surface area contributed by atoms with E-state index in [-0.39, 0.29) is 4.90 Å². The van der Waals surface area contributed by atoms with Crippen molar-refractivity contribution in [1.82, 2.24) is 10.3 Å². The standard InChI is InChI=1S/C15H19N3O2S/c1-11-8-12(2)17-15(9-11)18-21(19,20)14-7-5-4-6-13(14)10-16-3/h4-9,16H,10H2,1-3H3,(H,17,18). The number of aromatic nitrogens is 1. The molecule has 0 atom stereocenters. The van der Waals surface area contributed by atoms with Gasteiger partial charge in [0.2, 0.25) is 0 Å². The number of hydrogen-bond acceptors (Lipinski definition) is 4. The number of anilines is 1. The van der Waals surface area contributed by atoms with E-state index in [0.29, 0.717) is 12.4 Å². The van der Waals surface area contributed by atoms with Crippen LogP contribution in [0.5, 0.6) is 0 Å². The van der Waals surface area contributed by atoms with Gasteiger partial charge in [-0.15, -0.1) is 0 Å². The van der Waals surface area contributed by atoms with Gasteiger partial charge in [-0.25, -0.2) is 13.4 Å². The van der Waals surface area contributed by atoms with Gasteiger partial charge in [0.1, 0.15) is 5.82 Å². The second kappa shape index (κ2) is 6.24. The zero-order chi connectivity index (χ0) is 15.5. The summed E-state index contributed by atoms with van der Waals surface area (Å²) in [6, 6.07) is 10.5. The number of sulfonamides is 1. The first-order chi connectivity index (χ1) is 9.92. The monoisotopic (exact) mass is 305 g/mol. The Morgan fingerprint density at radius 1 is 1.14 bits per heavy atom. The summed E-state index contributed by atoms with van der Waals surface area (Å²) in [5, 5.41) is 2.97. The van der Waals surface area contributed by atoms with E-state index in [1.807, 2.05) is 26.0 Å². The molecule has 0 saturated carbocycles. The number of nitrogens with zero attached hydrogens (tertiary/aromatic N) is 1. The van der Waals surface area contributed by atoms with Gasteiger partial charge in [-0.3, -0.25) is 4.72 Å². The fraction of sp³-hybridized carbons (Fsp3) is 0.267. The minimum absolute atomic E-state index is 0.264. The molecule has 0 aliphatic heterocycles. The summed E-state index contributed by atoms with van der Waals surface area (Å²) in [6.07, 6.45) is 0. The number of benzene rings is 1. The van der Waals surface area contributed by atoms with E-state index in [4.69, 9.17) is 0 Å². The zero-order valence-corrected chi connectivity index (χ0v) is 13.2. The van der Waals surface area contributed by atoms with Crippen molar-refractivity contribution in [2.75, 3.05) is 11.8 Å². The molecule has 1 heterocycles. The molecule has 0 fully saturated rings. The van der Waals surface area contributed by atoms with Crippen LogP contribution in [0.4, 0.5) is 5.82 Å². The van der Waals surface area contributed by atoms with Crippen molar-refractivity contribution in [3.05, 3.63) is 53.2 Å². The summed E-state index contributed by atoms with van der Waals surface area (Å²) < 4.78 is 27.6. The van der Waals surface area contributed by atoms with Crippen LogP contribution in [0.3, 0.4) is 0 Å². The molecule has 0 unspecified atom stereocenters. The van der Waals surface area contributed by atoms with Crippen molar-refractivity contribution >= 4 is 15.8 Å². The number of aryl methyl sites for hydroxylation is 2. The van der Waals surface area contributed by atoms with Crippen LogP contribution in [0.2, 0.25) is 0 Å². The lowest BCUT2D eigenvalue weighted by Gasteiger charge is -2.12. The van der Waals surface area contributed by atoms with Crippen LogP contribution in [0.1, 0.15) is 16.8 Å². The quantitative estimate of drug-likeness (QED) is 0.888. The molecule has 0 radical (unpaired) electrons. The van der Waals surface area contributed by atoms with Gasteiger partial charge >= 0.3 is 0 Å². The first kappa shape index (κ1) is 15.5. The molecule has 2 aromatic rings. The van der Waals surface area contributed by atoms with E-state index < -0.39 is 10.0 Å². The molecule has 1 aromatic heterocycles. The van der Waals surface area contributed by atoms with Crippen LogP contribution in [-0.4, -0.2) is 20.4 Å². The van der Waals surface area contributed by atoms with Gasteiger partial charge in [-0.2, -0.15) is 0 Å². The molecule has 6 heteroatoms. The molecule has 0 spiro atoms. The zero-order valence-electron chi connectivity index (χ0n) is 12.3. The maximum atomic E-state index is 12.5. The smallest absolute Gasteiger partial charge is 0.263 e. The highest BCUT2D eigenvalue weighted by Gasteiger charge is 2.18. The Morgan fingerprint density at radius 2 is 1.86 bits per heavy atom. The van der Waals surface area contributed by atoms with Crippen LogP contribution in [0, 0.1) is 13.8 Å². The van der Waals surface area contributed by atoms with Crippen molar-refractivity contribution in [1.29, 1.82) is 0 Å². The molecule has 0 aliphatic carbocycles. The highest BCUT2D eigenvalue weighted by Crippen LogP contribution is 2.19. The molecule has 0 aliphatic rings. The normalized spacial score (nSPS) is 11.4. The Labute approximate surface area is 125 Å². The molecule has 0 bridgehead atoms. The van der Waals surface area contributed by atoms with Gasteiger partial charge in [-0.05, 0) is 50.2 Å². The predicted molar refractivity (Wildman–Crippen MR) is 83.7 cm³/mol. The van der Waals surface area contributed by atoms with E-state index in [2.05, 4.69) is 15.0 Å². The topological polar surface area (TPSA) is 71.1 Å². The maximum absolute atomic E-state index is 12.5. The van der Waals surface area contributed by atoms with E-state index in [9.17, 15) is 8.42 Å². The van der Waals surface area contributed by atoms with Gasteiger partial charge in [0, 0.05) is 12.2 Å². The maximum Gasteiger partial charge on any atom is 0.263 e. The Bertz CT molecular complexity index is 722. The number of nitrogens with one attached hydrogen (secondary N) is 2. The summed E-state index contributed by atoms with van der Waals surface area (Å²) in [5.41, 5.74) is 2.46. The highest BCUT2D eigenvalue weighted by molar-refractivity contribution is 7.92. The van der Waals surface area contributed by atoms with Gasteiger partial charge in [0.15, 0.2) is 0 Å². The Hall–Kier alpha value is -1.92. The Morgan fingerprint density at radius 3 is 2.52 bits per heavy atom. The van der Waals surface area contributed by atoms with Crippen molar-refractivity contribution in [2.45, 2.75) is 25.3 Å². The SMILES string of the molecule is CNCc1ccccc1S(=O)(=O)Nc1cc(C)cc(C)n1. The predicted octanol–water partition coefficient (Wildman–Crippen LogP) is 2.22. The van der Waals surface area contributed by atoms with Crippen molar-refractivity contribution in [3.8, 4) is 0 Å². The molecule has 1 aromatic carbocycles. The minimum Gasteiger partial charge on any atom is -0.316 e. The largest absolute Gasteiger partial charge is 0.316 e. The fourth-order valence-electron chi connectivity index (χ4n) is 2.19. The first-order valence-corrected chi connectivity index (χ1v) is 8.11. The summed E-state index contributed by atoms with van der Waals surface area (Å²) in [7, 11) is -1.87. The molecule has 0 amide bonds. The van der Waals surface area contributed by atoms with E-state index in [1.165, 1.54) is 0 Å². The summed E-state index contributed by atoms with van der Waals surface area (Å²) in [5.74, 6) is 0.340. The van der Waals surface area contributed by atoms with E-state index in [0.717, 1.165) is 16.8 Å².